The van der Waals surface area contributed by atoms with Crippen LogP contribution in [0.3, 0.4) is 0 Å². The van der Waals surface area contributed by atoms with E-state index in [4.69, 9.17) is 16.3 Å². The standard InChI is InChI=1S/C12H8N6O2/c13-4-10-12(5-14)17(7-16-10)6-8-1-2-11(18(19)20)9(15)3-8/h1-3,7H,6,15H2. The van der Waals surface area contributed by atoms with Gasteiger partial charge in [0.2, 0.25) is 0 Å². The van der Waals surface area contributed by atoms with Crippen LogP contribution in [0.25, 0.3) is 0 Å². The fraction of sp³-hybridized carbons (Fsp3) is 0.0833. The Morgan fingerprint density at radius 1 is 1.40 bits per heavy atom. The number of nitro benzene ring substituents is 1. The van der Waals surface area contributed by atoms with Gasteiger partial charge in [0.25, 0.3) is 5.69 Å². The second-order valence-electron chi connectivity index (χ2n) is 3.94. The first-order valence-corrected chi connectivity index (χ1v) is 5.45. The van der Waals surface area contributed by atoms with Crippen LogP contribution < -0.4 is 5.73 Å². The SMILES string of the molecule is N#Cc1ncn(Cc2ccc([N+](=O)[O-])c(N)c2)c1C#N. The molecule has 0 fully saturated rings. The first kappa shape index (κ1) is 13.1. The summed E-state index contributed by atoms with van der Waals surface area (Å²) in [7, 11) is 0. The molecule has 0 saturated heterocycles. The average Bonchev–Trinajstić information content (AvgIpc) is 2.80. The van der Waals surface area contributed by atoms with Gasteiger partial charge in [-0.25, -0.2) is 4.98 Å². The van der Waals surface area contributed by atoms with Gasteiger partial charge in [-0.05, 0) is 11.6 Å². The van der Waals surface area contributed by atoms with E-state index in [1.165, 1.54) is 23.0 Å². The predicted octanol–water partition coefficient (Wildman–Crippen LogP) is 1.17. The number of aromatic nitrogens is 2. The van der Waals surface area contributed by atoms with E-state index < -0.39 is 4.92 Å². The molecule has 0 atom stereocenters. The molecule has 0 aliphatic carbocycles. The summed E-state index contributed by atoms with van der Waals surface area (Å²) in [5.74, 6) is 0. The van der Waals surface area contributed by atoms with E-state index in [-0.39, 0.29) is 29.3 Å². The van der Waals surface area contributed by atoms with Gasteiger partial charge in [0.15, 0.2) is 11.4 Å². The summed E-state index contributed by atoms with van der Waals surface area (Å²) >= 11 is 0. The maximum absolute atomic E-state index is 10.7. The maximum Gasteiger partial charge on any atom is 0.292 e. The van der Waals surface area contributed by atoms with E-state index in [2.05, 4.69) is 4.98 Å². The van der Waals surface area contributed by atoms with Crippen LogP contribution >= 0.6 is 0 Å². The minimum absolute atomic E-state index is 0.0439. The monoisotopic (exact) mass is 268 g/mol. The number of anilines is 1. The number of nitriles is 2. The average molecular weight is 268 g/mol. The van der Waals surface area contributed by atoms with E-state index in [0.29, 0.717) is 5.56 Å². The first-order valence-electron chi connectivity index (χ1n) is 5.45. The van der Waals surface area contributed by atoms with Crippen LogP contribution in [0.15, 0.2) is 24.5 Å². The normalized spacial score (nSPS) is 9.70. The molecule has 0 spiro atoms. The summed E-state index contributed by atoms with van der Waals surface area (Å²) in [6.07, 6.45) is 1.37. The highest BCUT2D eigenvalue weighted by molar-refractivity contribution is 5.59. The summed E-state index contributed by atoms with van der Waals surface area (Å²) in [4.78, 5) is 13.9. The van der Waals surface area contributed by atoms with Crippen molar-refractivity contribution in [2.24, 2.45) is 0 Å². The van der Waals surface area contributed by atoms with Crippen molar-refractivity contribution in [3.8, 4) is 12.1 Å². The van der Waals surface area contributed by atoms with Gasteiger partial charge < -0.3 is 10.3 Å². The van der Waals surface area contributed by atoms with E-state index in [1.54, 1.807) is 6.07 Å². The van der Waals surface area contributed by atoms with Crippen molar-refractivity contribution < 1.29 is 4.92 Å². The topological polar surface area (TPSA) is 135 Å². The van der Waals surface area contributed by atoms with Gasteiger partial charge in [0.05, 0.1) is 11.3 Å². The van der Waals surface area contributed by atoms with Crippen molar-refractivity contribution in [3.63, 3.8) is 0 Å². The van der Waals surface area contributed by atoms with E-state index in [1.807, 2.05) is 12.1 Å². The van der Waals surface area contributed by atoms with Crippen LogP contribution in [-0.4, -0.2) is 14.5 Å². The zero-order valence-corrected chi connectivity index (χ0v) is 10.1. The molecule has 0 aliphatic heterocycles. The van der Waals surface area contributed by atoms with Crippen LogP contribution in [0, 0.1) is 32.8 Å². The zero-order chi connectivity index (χ0) is 14.7. The van der Waals surface area contributed by atoms with E-state index >= 15 is 0 Å². The molecule has 1 heterocycles. The number of rotatable bonds is 3. The quantitative estimate of drug-likeness (QED) is 0.504. The second kappa shape index (κ2) is 5.08. The molecule has 2 aromatic rings. The molecule has 0 amide bonds. The number of imidazole rings is 1. The van der Waals surface area contributed by atoms with Crippen molar-refractivity contribution in [1.82, 2.24) is 9.55 Å². The zero-order valence-electron chi connectivity index (χ0n) is 10.1. The highest BCUT2D eigenvalue weighted by atomic mass is 16.6. The minimum Gasteiger partial charge on any atom is -0.393 e. The van der Waals surface area contributed by atoms with E-state index in [0.717, 1.165) is 0 Å². The molecule has 8 heteroatoms. The molecule has 2 N–H and O–H groups in total. The Morgan fingerprint density at radius 3 is 2.70 bits per heavy atom. The first-order chi connectivity index (χ1) is 9.56. The Bertz CT molecular complexity index is 765. The lowest BCUT2D eigenvalue weighted by Gasteiger charge is -2.05. The summed E-state index contributed by atoms with van der Waals surface area (Å²) in [5.41, 5.74) is 6.33. The van der Waals surface area contributed by atoms with Crippen LogP contribution in [0.4, 0.5) is 11.4 Å². The van der Waals surface area contributed by atoms with Gasteiger partial charge in [-0.3, -0.25) is 10.1 Å². The number of nitrogen functional groups attached to an aromatic ring is 1. The predicted molar refractivity (Wildman–Crippen MR) is 68.3 cm³/mol. The van der Waals surface area contributed by atoms with E-state index in [9.17, 15) is 10.1 Å². The molecule has 1 aromatic carbocycles. The van der Waals surface area contributed by atoms with Gasteiger partial charge in [-0.15, -0.1) is 0 Å². The molecular formula is C12H8N6O2. The number of nitrogens with two attached hydrogens (primary N) is 1. The number of hydrogen-bond donors (Lipinski definition) is 1. The third kappa shape index (κ3) is 2.26. The lowest BCUT2D eigenvalue weighted by Crippen LogP contribution is -2.03. The number of nitro groups is 1. The minimum atomic E-state index is -0.565. The van der Waals surface area contributed by atoms with Crippen molar-refractivity contribution >= 4 is 11.4 Å². The van der Waals surface area contributed by atoms with Crippen LogP contribution in [-0.2, 0) is 6.54 Å². The molecule has 98 valence electrons. The molecule has 0 aliphatic rings. The Balaban J connectivity index is 2.35. The largest absolute Gasteiger partial charge is 0.393 e. The highest BCUT2D eigenvalue weighted by Gasteiger charge is 2.13. The summed E-state index contributed by atoms with van der Waals surface area (Å²) in [6, 6.07) is 8.03. The van der Waals surface area contributed by atoms with Crippen molar-refractivity contribution in [2.45, 2.75) is 6.54 Å². The lowest BCUT2D eigenvalue weighted by atomic mass is 10.1. The summed E-state index contributed by atoms with van der Waals surface area (Å²) in [5, 5.41) is 28.5. The Hall–Kier alpha value is -3.39. The fourth-order valence-corrected chi connectivity index (χ4v) is 1.77. The van der Waals surface area contributed by atoms with Gasteiger partial charge >= 0.3 is 0 Å². The van der Waals surface area contributed by atoms with Crippen molar-refractivity contribution in [3.05, 3.63) is 51.6 Å². The van der Waals surface area contributed by atoms with Gasteiger partial charge in [0, 0.05) is 12.6 Å². The summed E-state index contributed by atoms with van der Waals surface area (Å²) < 4.78 is 1.49. The maximum atomic E-state index is 10.7. The molecule has 1 aromatic heterocycles. The molecule has 20 heavy (non-hydrogen) atoms. The van der Waals surface area contributed by atoms with Crippen molar-refractivity contribution in [2.75, 3.05) is 5.73 Å². The number of nitrogens with zero attached hydrogens (tertiary/aromatic N) is 5. The molecular weight excluding hydrogens is 260 g/mol. The smallest absolute Gasteiger partial charge is 0.292 e. The van der Waals surface area contributed by atoms with Gasteiger partial charge in [0.1, 0.15) is 17.8 Å². The second-order valence-corrected chi connectivity index (χ2v) is 3.94. The van der Waals surface area contributed by atoms with Crippen molar-refractivity contribution in [1.29, 1.82) is 10.5 Å². The molecule has 0 unspecified atom stereocenters. The van der Waals surface area contributed by atoms with Crippen LogP contribution in [0.1, 0.15) is 17.0 Å². The van der Waals surface area contributed by atoms with Gasteiger partial charge in [-0.2, -0.15) is 10.5 Å². The molecule has 2 rings (SSSR count). The molecule has 8 nitrogen and oxygen atoms in total. The third-order valence-electron chi connectivity index (χ3n) is 2.69. The lowest BCUT2D eigenvalue weighted by molar-refractivity contribution is -0.383. The number of hydrogen-bond acceptors (Lipinski definition) is 6. The highest BCUT2D eigenvalue weighted by Crippen LogP contribution is 2.22. The number of benzene rings is 1. The Morgan fingerprint density at radius 2 is 2.15 bits per heavy atom. The molecule has 0 saturated carbocycles. The summed E-state index contributed by atoms with van der Waals surface area (Å²) in [6.45, 7) is 0.250. The third-order valence-corrected chi connectivity index (χ3v) is 2.69. The van der Waals surface area contributed by atoms with Gasteiger partial charge in [-0.1, -0.05) is 6.07 Å². The molecule has 0 radical (unpaired) electrons. The van der Waals surface area contributed by atoms with Crippen LogP contribution in [0.5, 0.6) is 0 Å². The fourth-order valence-electron chi connectivity index (χ4n) is 1.77. The molecule has 0 bridgehead atoms. The Kier molecular flexibility index (Phi) is 3.32. The van der Waals surface area contributed by atoms with Crippen LogP contribution in [0.2, 0.25) is 0 Å². The Labute approximate surface area is 113 Å².